The molecule has 3 aromatic rings. The lowest BCUT2D eigenvalue weighted by Crippen LogP contribution is -2.35. The summed E-state index contributed by atoms with van der Waals surface area (Å²) in [5, 5.41) is 3.71. The highest BCUT2D eigenvalue weighted by Gasteiger charge is 2.50. The monoisotopic (exact) mass is 397 g/mol. The summed E-state index contributed by atoms with van der Waals surface area (Å²) in [7, 11) is 0. The summed E-state index contributed by atoms with van der Waals surface area (Å²) in [6.07, 6.45) is 3.71. The number of fused-ring (bicyclic) bond motifs is 3. The van der Waals surface area contributed by atoms with E-state index in [0.29, 0.717) is 22.2 Å². The number of nitrogens with zero attached hydrogens (tertiary/aromatic N) is 3. The van der Waals surface area contributed by atoms with E-state index in [1.807, 2.05) is 0 Å². The molecule has 0 amide bonds. The van der Waals surface area contributed by atoms with Gasteiger partial charge in [0.05, 0.1) is 5.39 Å². The molecule has 5 heteroatoms. The predicted molar refractivity (Wildman–Crippen MR) is 115 cm³/mol. The maximum atomic E-state index is 6.35. The van der Waals surface area contributed by atoms with E-state index in [4.69, 9.17) is 16.6 Å². The van der Waals surface area contributed by atoms with Crippen LogP contribution in [0.1, 0.15) is 40.0 Å². The Morgan fingerprint density at radius 2 is 1.89 bits per heavy atom. The number of anilines is 1. The Labute approximate surface area is 169 Å². The molecule has 2 bridgehead atoms. The molecule has 5 rings (SSSR count). The molecule has 1 aliphatic carbocycles. The first-order valence-corrected chi connectivity index (χ1v) is 10.9. The second kappa shape index (κ2) is 5.92. The molecule has 0 spiro atoms. The fourth-order valence-electron chi connectivity index (χ4n) is 5.64. The Kier molecular flexibility index (Phi) is 3.83. The smallest absolute Gasteiger partial charge is 0.225 e. The third-order valence-electron chi connectivity index (χ3n) is 6.16. The Balaban J connectivity index is 1.69. The number of hydrogen-bond acceptors (Lipinski definition) is 4. The zero-order valence-electron chi connectivity index (χ0n) is 16.0. The summed E-state index contributed by atoms with van der Waals surface area (Å²) in [5.74, 6) is 1.02. The van der Waals surface area contributed by atoms with E-state index >= 15 is 0 Å². The fourth-order valence-corrected chi connectivity index (χ4v) is 6.80. The van der Waals surface area contributed by atoms with Crippen molar-refractivity contribution in [2.75, 3.05) is 11.4 Å². The molecule has 140 valence electrons. The summed E-state index contributed by atoms with van der Waals surface area (Å²) in [5.41, 5.74) is 3.15. The van der Waals surface area contributed by atoms with Crippen LogP contribution in [0.15, 0.2) is 35.7 Å². The van der Waals surface area contributed by atoms with Crippen molar-refractivity contribution in [3.8, 4) is 11.1 Å². The first-order valence-electron chi connectivity index (χ1n) is 9.60. The van der Waals surface area contributed by atoms with E-state index in [0.717, 1.165) is 22.6 Å². The molecule has 2 aliphatic rings. The third-order valence-corrected chi connectivity index (χ3v) is 7.20. The van der Waals surface area contributed by atoms with Crippen LogP contribution in [0, 0.1) is 10.8 Å². The maximum absolute atomic E-state index is 6.35. The topological polar surface area (TPSA) is 29.0 Å². The van der Waals surface area contributed by atoms with Crippen LogP contribution >= 0.6 is 22.9 Å². The average Bonchev–Trinajstić information content (AvgIpc) is 3.12. The van der Waals surface area contributed by atoms with Gasteiger partial charge in [0.15, 0.2) is 0 Å². The van der Waals surface area contributed by atoms with Crippen molar-refractivity contribution in [1.29, 1.82) is 0 Å². The SMILES string of the molecule is CC1(C)CC2CC(C)(CN2c2nc(Cl)nc3scc(-c4ccccc4)c23)C1. The standard InChI is InChI=1S/C22H24ClN3S/c1-21(2)9-15-10-22(3,12-21)13-26(15)18-17-16(14-7-5-4-6-8-14)11-27-19(17)25-20(23)24-18/h4-8,11,15H,9-10,12-13H2,1-3H3. The molecule has 2 unspecified atom stereocenters. The first-order chi connectivity index (χ1) is 12.8. The van der Waals surface area contributed by atoms with Gasteiger partial charge in [-0.05, 0) is 47.3 Å². The van der Waals surface area contributed by atoms with Crippen molar-refractivity contribution < 1.29 is 0 Å². The van der Waals surface area contributed by atoms with Gasteiger partial charge in [-0.1, -0.05) is 51.1 Å². The fraction of sp³-hybridized carbons (Fsp3) is 0.455. The van der Waals surface area contributed by atoms with Gasteiger partial charge in [-0.15, -0.1) is 11.3 Å². The van der Waals surface area contributed by atoms with Crippen LogP contribution in [0.4, 0.5) is 5.82 Å². The van der Waals surface area contributed by atoms with Gasteiger partial charge >= 0.3 is 0 Å². The van der Waals surface area contributed by atoms with Gasteiger partial charge in [-0.2, -0.15) is 4.98 Å². The summed E-state index contributed by atoms with van der Waals surface area (Å²) in [6, 6.07) is 11.1. The summed E-state index contributed by atoms with van der Waals surface area (Å²) >= 11 is 8.01. The third kappa shape index (κ3) is 2.94. The number of hydrogen-bond donors (Lipinski definition) is 0. The number of aromatic nitrogens is 2. The molecule has 0 radical (unpaired) electrons. The minimum Gasteiger partial charge on any atom is -0.352 e. The molecule has 0 N–H and O–H groups in total. The summed E-state index contributed by atoms with van der Waals surface area (Å²) < 4.78 is 0. The van der Waals surface area contributed by atoms with Crippen LogP contribution in [0.2, 0.25) is 5.28 Å². The van der Waals surface area contributed by atoms with Crippen molar-refractivity contribution in [3.05, 3.63) is 41.0 Å². The molecule has 1 saturated carbocycles. The lowest BCUT2D eigenvalue weighted by Gasteiger charge is -2.39. The lowest BCUT2D eigenvalue weighted by atomic mass is 9.65. The number of rotatable bonds is 2. The van der Waals surface area contributed by atoms with E-state index in [2.05, 4.69) is 66.4 Å². The molecular formula is C22H24ClN3S. The van der Waals surface area contributed by atoms with Crippen molar-refractivity contribution in [2.45, 2.75) is 46.1 Å². The number of thiophene rings is 1. The second-order valence-corrected chi connectivity index (χ2v) is 10.5. The van der Waals surface area contributed by atoms with Gasteiger partial charge in [0.1, 0.15) is 10.6 Å². The van der Waals surface area contributed by atoms with Gasteiger partial charge in [0.2, 0.25) is 5.28 Å². The van der Waals surface area contributed by atoms with Gasteiger partial charge in [0.25, 0.3) is 0 Å². The van der Waals surface area contributed by atoms with E-state index in [1.54, 1.807) is 11.3 Å². The molecule has 2 fully saturated rings. The summed E-state index contributed by atoms with van der Waals surface area (Å²) in [6.45, 7) is 8.30. The lowest BCUT2D eigenvalue weighted by molar-refractivity contribution is 0.136. The molecular weight excluding hydrogens is 374 g/mol. The van der Waals surface area contributed by atoms with Crippen molar-refractivity contribution in [3.63, 3.8) is 0 Å². The zero-order valence-corrected chi connectivity index (χ0v) is 17.6. The second-order valence-electron chi connectivity index (χ2n) is 9.35. The highest BCUT2D eigenvalue weighted by molar-refractivity contribution is 7.17. The quantitative estimate of drug-likeness (QED) is 0.467. The largest absolute Gasteiger partial charge is 0.352 e. The Morgan fingerprint density at radius 3 is 2.67 bits per heavy atom. The van der Waals surface area contributed by atoms with E-state index in [-0.39, 0.29) is 0 Å². The highest BCUT2D eigenvalue weighted by Crippen LogP contribution is 2.54. The van der Waals surface area contributed by atoms with Crippen LogP contribution in [0.3, 0.4) is 0 Å². The normalized spacial score (nSPS) is 26.7. The molecule has 3 heterocycles. The number of benzene rings is 1. The number of halogens is 1. The van der Waals surface area contributed by atoms with Crippen LogP contribution in [0.25, 0.3) is 21.3 Å². The summed E-state index contributed by atoms with van der Waals surface area (Å²) in [4.78, 5) is 12.8. The molecule has 1 aliphatic heterocycles. The van der Waals surface area contributed by atoms with E-state index in [9.17, 15) is 0 Å². The van der Waals surface area contributed by atoms with Crippen molar-refractivity contribution >= 4 is 39.0 Å². The molecule has 3 nitrogen and oxygen atoms in total. The Bertz CT molecular complexity index is 1010. The first kappa shape index (κ1) is 17.4. The minimum absolute atomic E-state index is 0.346. The van der Waals surface area contributed by atoms with Crippen LogP contribution < -0.4 is 4.90 Å². The zero-order chi connectivity index (χ0) is 18.8. The molecule has 1 aromatic carbocycles. The highest BCUT2D eigenvalue weighted by atomic mass is 35.5. The minimum atomic E-state index is 0.346. The molecule has 2 aromatic heterocycles. The molecule has 1 saturated heterocycles. The van der Waals surface area contributed by atoms with Gasteiger partial charge in [-0.3, -0.25) is 0 Å². The maximum Gasteiger partial charge on any atom is 0.225 e. The van der Waals surface area contributed by atoms with Gasteiger partial charge < -0.3 is 4.90 Å². The van der Waals surface area contributed by atoms with Crippen molar-refractivity contribution in [1.82, 2.24) is 9.97 Å². The average molecular weight is 398 g/mol. The Morgan fingerprint density at radius 1 is 1.11 bits per heavy atom. The van der Waals surface area contributed by atoms with Crippen molar-refractivity contribution in [2.24, 2.45) is 10.8 Å². The van der Waals surface area contributed by atoms with Gasteiger partial charge in [-0.25, -0.2) is 4.98 Å². The predicted octanol–water partition coefficient (Wildman–Crippen LogP) is 6.42. The van der Waals surface area contributed by atoms with E-state index < -0.39 is 0 Å². The molecule has 2 atom stereocenters. The van der Waals surface area contributed by atoms with Crippen LogP contribution in [-0.4, -0.2) is 22.6 Å². The molecule has 27 heavy (non-hydrogen) atoms. The Hall–Kier alpha value is -1.65. The van der Waals surface area contributed by atoms with Crippen LogP contribution in [-0.2, 0) is 0 Å². The van der Waals surface area contributed by atoms with Crippen LogP contribution in [0.5, 0.6) is 0 Å². The van der Waals surface area contributed by atoms with Gasteiger partial charge in [0, 0.05) is 23.5 Å². The van der Waals surface area contributed by atoms with E-state index in [1.165, 1.54) is 30.4 Å².